The van der Waals surface area contributed by atoms with E-state index in [-0.39, 0.29) is 51.1 Å². The van der Waals surface area contributed by atoms with Gasteiger partial charge in [0, 0.05) is 106 Å². The summed E-state index contributed by atoms with van der Waals surface area (Å²) in [5.74, 6) is -0.518. The zero-order chi connectivity index (χ0) is 70.4. The molecule has 0 aliphatic carbocycles. The fourth-order valence-electron chi connectivity index (χ4n) is 8.93. The Morgan fingerprint density at radius 2 is 0.838 bits per heavy atom. The summed E-state index contributed by atoms with van der Waals surface area (Å²) in [5.41, 5.74) is 6.18. The monoisotopic (exact) mass is 1390 g/mol. The van der Waals surface area contributed by atoms with E-state index in [0.717, 1.165) is 46.5 Å². The third-order valence-electron chi connectivity index (χ3n) is 13.8. The number of hydrogen-bond acceptors (Lipinski definition) is 16. The number of nitrogens with one attached hydrogen (secondary N) is 4. The minimum absolute atomic E-state index is 0. The van der Waals surface area contributed by atoms with Crippen LogP contribution in [0.4, 0.5) is 61.0 Å². The van der Waals surface area contributed by atoms with Gasteiger partial charge in [-0.05, 0) is 160 Å². The summed E-state index contributed by atoms with van der Waals surface area (Å²) < 4.78 is 143. The standard InChI is InChI=1S/2C28H22F3N7O.2C6H6O3S.CH4/c2*1-17-5-6-19(10-25(17)37-27-33-9-7-24(36-27)20-4-3-8-32-14-20)26(39)35-22-11-21(28(29,30)31)12-23(13-22)38-15-18(2)34-16-38;2*7-10(8,9)6-4-2-1-3-5-6;/h2*3-16H,1-2H3,(H,35,39)(H,33,36,37);2*1-5H,(H,7,8,9);1H4. The number of aryl methyl sites for hydroxylation is 4. The number of rotatable bonds is 14. The fraction of sp³-hybridized carbons (Fsp3) is 0.101. The second-order valence-electron chi connectivity index (χ2n) is 21.2. The van der Waals surface area contributed by atoms with Crippen LogP contribution in [0.3, 0.4) is 0 Å². The largest absolute Gasteiger partial charge is 0.416 e. The first-order chi connectivity index (χ1) is 46.5. The summed E-state index contributed by atoms with van der Waals surface area (Å²) in [6.07, 6.45) is 6.77. The lowest BCUT2D eigenvalue weighted by Gasteiger charge is -2.14. The number of amides is 2. The highest BCUT2D eigenvalue weighted by molar-refractivity contribution is 7.86. The lowest BCUT2D eigenvalue weighted by molar-refractivity contribution is -0.138. The van der Waals surface area contributed by atoms with Crippen molar-refractivity contribution in [3.8, 4) is 33.9 Å². The molecule has 0 spiro atoms. The molecule has 12 aromatic rings. The van der Waals surface area contributed by atoms with Gasteiger partial charge in [-0.2, -0.15) is 43.2 Å². The number of aromatic nitrogens is 10. The van der Waals surface area contributed by atoms with Crippen LogP contribution in [-0.2, 0) is 32.6 Å². The van der Waals surface area contributed by atoms with E-state index in [4.69, 9.17) is 9.11 Å². The maximum Gasteiger partial charge on any atom is 0.416 e. The second-order valence-corrected chi connectivity index (χ2v) is 24.0. The van der Waals surface area contributed by atoms with Crippen LogP contribution in [0.15, 0.2) is 242 Å². The summed E-state index contributed by atoms with van der Waals surface area (Å²) >= 11 is 0. The highest BCUT2D eigenvalue weighted by atomic mass is 32.2. The van der Waals surface area contributed by atoms with E-state index in [0.29, 0.717) is 46.0 Å². The normalized spacial score (nSPS) is 11.2. The predicted molar refractivity (Wildman–Crippen MR) is 361 cm³/mol. The molecule has 30 heteroatoms. The third-order valence-corrected chi connectivity index (χ3v) is 15.6. The number of pyridine rings is 2. The molecule has 0 radical (unpaired) electrons. The van der Waals surface area contributed by atoms with Crippen LogP contribution in [0, 0.1) is 27.7 Å². The number of alkyl halides is 6. The van der Waals surface area contributed by atoms with Crippen molar-refractivity contribution in [2.75, 3.05) is 21.3 Å². The summed E-state index contributed by atoms with van der Waals surface area (Å²) in [7, 11) is -8.01. The van der Waals surface area contributed by atoms with Crippen molar-refractivity contribution in [2.24, 2.45) is 0 Å². The molecule has 0 aliphatic heterocycles. The van der Waals surface area contributed by atoms with E-state index in [2.05, 4.69) is 61.1 Å². The number of halogens is 6. The Kier molecular flexibility index (Phi) is 23.4. The number of anilines is 6. The molecule has 0 saturated heterocycles. The van der Waals surface area contributed by atoms with Crippen molar-refractivity contribution in [1.82, 2.24) is 49.0 Å². The van der Waals surface area contributed by atoms with E-state index in [1.165, 1.54) is 58.2 Å². The highest BCUT2D eigenvalue weighted by Gasteiger charge is 2.33. The topological polar surface area (TPSA) is 304 Å². The zero-order valence-electron chi connectivity index (χ0n) is 51.8. The molecule has 508 valence electrons. The molecule has 0 unspecified atom stereocenters. The Labute approximate surface area is 564 Å². The third kappa shape index (κ3) is 20.6. The molecule has 6 N–H and O–H groups in total. The van der Waals surface area contributed by atoms with Gasteiger partial charge in [0.2, 0.25) is 11.9 Å². The minimum atomic E-state index is -4.60. The Balaban J connectivity index is 0.000000195. The molecular formula is C69H60F6N14O8S2. The second kappa shape index (κ2) is 31.8. The Bertz CT molecular complexity index is 4710. The van der Waals surface area contributed by atoms with Gasteiger partial charge < -0.3 is 30.4 Å². The summed E-state index contributed by atoms with van der Waals surface area (Å²) in [5, 5.41) is 11.4. The van der Waals surface area contributed by atoms with Crippen LogP contribution >= 0.6 is 0 Å². The average molecular weight is 1390 g/mol. The summed E-state index contributed by atoms with van der Waals surface area (Å²) in [6.45, 7) is 7.16. The lowest BCUT2D eigenvalue weighted by atomic mass is 10.1. The van der Waals surface area contributed by atoms with Gasteiger partial charge in [-0.1, -0.05) is 56.0 Å². The molecule has 0 bridgehead atoms. The Morgan fingerprint density at radius 1 is 0.455 bits per heavy atom. The number of imidazole rings is 2. The van der Waals surface area contributed by atoms with Crippen LogP contribution in [0.25, 0.3) is 33.9 Å². The zero-order valence-corrected chi connectivity index (χ0v) is 53.5. The van der Waals surface area contributed by atoms with Gasteiger partial charge in [0.05, 0.1) is 56.3 Å². The van der Waals surface area contributed by atoms with E-state index < -0.39 is 55.5 Å². The van der Waals surface area contributed by atoms with Gasteiger partial charge in [0.25, 0.3) is 32.1 Å². The van der Waals surface area contributed by atoms with Crippen molar-refractivity contribution in [1.29, 1.82) is 0 Å². The van der Waals surface area contributed by atoms with Crippen molar-refractivity contribution < 1.29 is 61.9 Å². The van der Waals surface area contributed by atoms with Gasteiger partial charge in [0.15, 0.2) is 0 Å². The molecule has 0 saturated carbocycles. The molecule has 0 atom stereocenters. The lowest BCUT2D eigenvalue weighted by Crippen LogP contribution is -2.14. The SMILES string of the molecule is C.Cc1cn(-c2cc(NC(=O)c3ccc(C)c(Nc4nccc(-c5cccnc5)n4)c3)cc(C(F)(F)F)c2)cn1.Cc1cn(-c2cc(NC(=O)c3ccc(C)c(Nc4nccc(-c5cccnc5)n4)c3)cc(C(F)(F)F)c2)cn1.O=S(=O)(O)c1ccccc1.O=S(=O)(O)c1ccccc1. The molecule has 6 aromatic carbocycles. The van der Waals surface area contributed by atoms with E-state index in [9.17, 15) is 52.8 Å². The molecule has 0 aliphatic rings. The maximum atomic E-state index is 13.6. The molecular weight excluding hydrogens is 1330 g/mol. The van der Waals surface area contributed by atoms with Crippen molar-refractivity contribution >= 4 is 66.7 Å². The number of carbonyl (C=O) groups excluding carboxylic acids is 2. The first-order valence-corrected chi connectivity index (χ1v) is 31.8. The van der Waals surface area contributed by atoms with Crippen LogP contribution in [-0.4, -0.2) is 86.8 Å². The maximum absolute atomic E-state index is 13.6. The van der Waals surface area contributed by atoms with Crippen molar-refractivity contribution in [2.45, 2.75) is 57.3 Å². The van der Waals surface area contributed by atoms with Crippen molar-refractivity contribution in [3.63, 3.8) is 0 Å². The molecule has 6 aromatic heterocycles. The van der Waals surface area contributed by atoms with Crippen LogP contribution in [0.5, 0.6) is 0 Å². The van der Waals surface area contributed by atoms with Crippen LogP contribution in [0.2, 0.25) is 0 Å². The molecule has 22 nitrogen and oxygen atoms in total. The first kappa shape index (κ1) is 73.0. The molecule has 2 amide bonds. The molecule has 0 fully saturated rings. The van der Waals surface area contributed by atoms with Gasteiger partial charge in [-0.25, -0.2) is 29.9 Å². The van der Waals surface area contributed by atoms with Gasteiger partial charge in [-0.3, -0.25) is 28.7 Å². The first-order valence-electron chi connectivity index (χ1n) is 28.9. The van der Waals surface area contributed by atoms with Crippen LogP contribution < -0.4 is 21.3 Å². The van der Waals surface area contributed by atoms with Crippen molar-refractivity contribution in [3.05, 3.63) is 277 Å². The summed E-state index contributed by atoms with van der Waals surface area (Å²) in [6, 6.07) is 42.3. The van der Waals surface area contributed by atoms with E-state index in [1.807, 2.05) is 26.0 Å². The number of nitrogens with zero attached hydrogens (tertiary/aromatic N) is 10. The van der Waals surface area contributed by atoms with E-state index >= 15 is 0 Å². The average Bonchev–Trinajstić information content (AvgIpc) is 1.75. The molecule has 12 rings (SSSR count). The quantitative estimate of drug-likeness (QED) is 0.0435. The van der Waals surface area contributed by atoms with E-state index in [1.54, 1.807) is 160 Å². The molecule has 6 heterocycles. The molecule has 99 heavy (non-hydrogen) atoms. The Morgan fingerprint density at radius 3 is 1.15 bits per heavy atom. The van der Waals surface area contributed by atoms with Gasteiger partial charge >= 0.3 is 12.4 Å². The van der Waals surface area contributed by atoms with Crippen LogP contribution in [0.1, 0.15) is 61.8 Å². The summed E-state index contributed by atoms with van der Waals surface area (Å²) in [4.78, 5) is 60.0. The predicted octanol–water partition coefficient (Wildman–Crippen LogP) is 15.2. The number of hydrogen-bond donors (Lipinski definition) is 6. The smallest absolute Gasteiger partial charge is 0.324 e. The highest BCUT2D eigenvalue weighted by Crippen LogP contribution is 2.36. The van der Waals surface area contributed by atoms with Gasteiger partial charge in [0.1, 0.15) is 0 Å². The van der Waals surface area contributed by atoms with Gasteiger partial charge in [-0.15, -0.1) is 0 Å². The number of carbonyl (C=O) groups is 2. The minimum Gasteiger partial charge on any atom is -0.324 e. The Hall–Kier alpha value is -11.9. The number of benzene rings is 6. The fourth-order valence-corrected chi connectivity index (χ4v) is 9.94.